The summed E-state index contributed by atoms with van der Waals surface area (Å²) in [5, 5.41) is 2.48. The van der Waals surface area contributed by atoms with Crippen LogP contribution in [-0.4, -0.2) is 10.8 Å². The van der Waals surface area contributed by atoms with Crippen LogP contribution in [0.5, 0.6) is 0 Å². The van der Waals surface area contributed by atoms with Gasteiger partial charge in [-0.1, -0.05) is 17.7 Å². The quantitative estimate of drug-likeness (QED) is 0.783. The van der Waals surface area contributed by atoms with E-state index in [1.54, 1.807) is 6.20 Å². The van der Waals surface area contributed by atoms with Crippen molar-refractivity contribution in [3.8, 4) is 0 Å². The normalized spacial score (nSPS) is 12.4. The van der Waals surface area contributed by atoms with E-state index >= 15 is 0 Å². The molecule has 0 spiro atoms. The standard InChI is InChI=1S/C13H12ClNOS/c1-8-7-17-13(11(8)14)12(16)9(2)10-5-3-4-6-15-10/h3-7,9H,1-2H3. The molecular formula is C13H12ClNOS. The molecule has 0 saturated carbocycles. The van der Waals surface area contributed by atoms with E-state index in [4.69, 9.17) is 11.6 Å². The Hall–Kier alpha value is -1.19. The Kier molecular flexibility index (Phi) is 3.60. The summed E-state index contributed by atoms with van der Waals surface area (Å²) in [5.74, 6) is -0.224. The maximum Gasteiger partial charge on any atom is 0.183 e. The zero-order valence-electron chi connectivity index (χ0n) is 9.61. The fraction of sp³-hybridized carbons (Fsp3) is 0.231. The van der Waals surface area contributed by atoms with E-state index in [0.717, 1.165) is 11.3 Å². The highest BCUT2D eigenvalue weighted by Gasteiger charge is 2.22. The first kappa shape index (κ1) is 12.3. The third-order valence-corrected chi connectivity index (χ3v) is 4.36. The lowest BCUT2D eigenvalue weighted by molar-refractivity contribution is 0.0968. The van der Waals surface area contributed by atoms with Gasteiger partial charge in [-0.2, -0.15) is 0 Å². The number of aryl methyl sites for hydroxylation is 1. The van der Waals surface area contributed by atoms with Crippen molar-refractivity contribution in [1.82, 2.24) is 4.98 Å². The van der Waals surface area contributed by atoms with Crippen molar-refractivity contribution in [3.05, 3.63) is 50.9 Å². The fourth-order valence-corrected chi connectivity index (χ4v) is 2.88. The van der Waals surface area contributed by atoms with Crippen LogP contribution in [0.15, 0.2) is 29.8 Å². The number of hydrogen-bond donors (Lipinski definition) is 0. The van der Waals surface area contributed by atoms with Gasteiger partial charge in [0.25, 0.3) is 0 Å². The minimum absolute atomic E-state index is 0.0341. The first-order valence-electron chi connectivity index (χ1n) is 5.30. The number of thiophene rings is 1. The van der Waals surface area contributed by atoms with Gasteiger partial charge in [0.05, 0.1) is 21.5 Å². The number of carbonyl (C=O) groups excluding carboxylic acids is 1. The van der Waals surface area contributed by atoms with Gasteiger partial charge >= 0.3 is 0 Å². The summed E-state index contributed by atoms with van der Waals surface area (Å²) in [5.41, 5.74) is 1.73. The summed E-state index contributed by atoms with van der Waals surface area (Å²) < 4.78 is 0. The van der Waals surface area contributed by atoms with Crippen LogP contribution >= 0.6 is 22.9 Å². The third-order valence-electron chi connectivity index (χ3n) is 2.65. The molecule has 2 rings (SSSR count). The molecule has 0 saturated heterocycles. The topological polar surface area (TPSA) is 30.0 Å². The van der Waals surface area contributed by atoms with Crippen molar-refractivity contribution in [2.45, 2.75) is 19.8 Å². The minimum Gasteiger partial charge on any atom is -0.292 e. The molecule has 1 atom stereocenters. The lowest BCUT2D eigenvalue weighted by atomic mass is 10.0. The second kappa shape index (κ2) is 4.98. The van der Waals surface area contributed by atoms with Crippen LogP contribution in [0.25, 0.3) is 0 Å². The SMILES string of the molecule is Cc1csc(C(=O)C(C)c2ccccn2)c1Cl. The molecule has 2 aromatic rings. The van der Waals surface area contributed by atoms with Gasteiger partial charge in [-0.25, -0.2) is 0 Å². The number of hydrogen-bond acceptors (Lipinski definition) is 3. The van der Waals surface area contributed by atoms with Gasteiger partial charge < -0.3 is 0 Å². The number of rotatable bonds is 3. The number of halogens is 1. The summed E-state index contributed by atoms with van der Waals surface area (Å²) in [6.45, 7) is 3.76. The predicted octanol–water partition coefficient (Wildman–Crippen LogP) is 4.09. The molecule has 0 aromatic carbocycles. The first-order valence-corrected chi connectivity index (χ1v) is 6.55. The summed E-state index contributed by atoms with van der Waals surface area (Å²) in [6.07, 6.45) is 1.69. The van der Waals surface area contributed by atoms with Gasteiger partial charge in [0.15, 0.2) is 5.78 Å². The van der Waals surface area contributed by atoms with Crippen molar-refractivity contribution < 1.29 is 4.79 Å². The molecule has 1 unspecified atom stereocenters. The highest BCUT2D eigenvalue weighted by atomic mass is 35.5. The second-order valence-electron chi connectivity index (χ2n) is 3.90. The van der Waals surface area contributed by atoms with Crippen LogP contribution in [0.3, 0.4) is 0 Å². The molecule has 88 valence electrons. The molecule has 0 radical (unpaired) electrons. The average Bonchev–Trinajstić information content (AvgIpc) is 2.69. The van der Waals surface area contributed by atoms with E-state index in [9.17, 15) is 4.79 Å². The van der Waals surface area contributed by atoms with Crippen molar-refractivity contribution >= 4 is 28.7 Å². The van der Waals surface area contributed by atoms with Gasteiger partial charge in [-0.05, 0) is 36.9 Å². The molecule has 0 aliphatic rings. The van der Waals surface area contributed by atoms with E-state index in [2.05, 4.69) is 4.98 Å². The number of pyridine rings is 1. The number of aromatic nitrogens is 1. The number of ketones is 1. The van der Waals surface area contributed by atoms with Crippen LogP contribution in [0.2, 0.25) is 5.02 Å². The zero-order valence-corrected chi connectivity index (χ0v) is 11.2. The summed E-state index contributed by atoms with van der Waals surface area (Å²) in [6, 6.07) is 5.58. The molecular weight excluding hydrogens is 254 g/mol. The Morgan fingerprint density at radius 1 is 1.47 bits per heavy atom. The molecule has 4 heteroatoms. The molecule has 17 heavy (non-hydrogen) atoms. The van der Waals surface area contributed by atoms with Gasteiger partial charge in [0.1, 0.15) is 0 Å². The van der Waals surface area contributed by atoms with Gasteiger partial charge in [-0.3, -0.25) is 9.78 Å². The molecule has 2 aromatic heterocycles. The number of carbonyl (C=O) groups is 1. The molecule has 0 fully saturated rings. The Labute approximate surface area is 109 Å². The zero-order chi connectivity index (χ0) is 12.4. The molecule has 2 nitrogen and oxygen atoms in total. The Morgan fingerprint density at radius 3 is 2.76 bits per heavy atom. The van der Waals surface area contributed by atoms with Crippen LogP contribution < -0.4 is 0 Å². The van der Waals surface area contributed by atoms with Crippen molar-refractivity contribution in [1.29, 1.82) is 0 Å². The maximum atomic E-state index is 12.3. The van der Waals surface area contributed by atoms with Crippen LogP contribution in [0, 0.1) is 6.92 Å². The smallest absolute Gasteiger partial charge is 0.183 e. The molecule has 0 aliphatic carbocycles. The van der Waals surface area contributed by atoms with Crippen LogP contribution in [0.1, 0.15) is 33.8 Å². The number of Topliss-reactive ketones (excluding diaryl/α,β-unsaturated/α-hetero) is 1. The monoisotopic (exact) mass is 265 g/mol. The summed E-state index contributed by atoms with van der Waals surface area (Å²) >= 11 is 7.50. The van der Waals surface area contributed by atoms with Crippen LogP contribution in [-0.2, 0) is 0 Å². The fourth-order valence-electron chi connectivity index (χ4n) is 1.56. The summed E-state index contributed by atoms with van der Waals surface area (Å²) in [7, 11) is 0. The summed E-state index contributed by atoms with van der Waals surface area (Å²) in [4.78, 5) is 17.1. The Bertz CT molecular complexity index is 536. The van der Waals surface area contributed by atoms with E-state index in [0.29, 0.717) is 9.90 Å². The molecule has 0 amide bonds. The maximum absolute atomic E-state index is 12.3. The van der Waals surface area contributed by atoms with E-state index < -0.39 is 0 Å². The van der Waals surface area contributed by atoms with Crippen LogP contribution in [0.4, 0.5) is 0 Å². The van der Waals surface area contributed by atoms with Crippen molar-refractivity contribution in [2.75, 3.05) is 0 Å². The van der Waals surface area contributed by atoms with Gasteiger partial charge in [0, 0.05) is 6.20 Å². The molecule has 0 aliphatic heterocycles. The lowest BCUT2D eigenvalue weighted by Gasteiger charge is -2.08. The number of nitrogens with zero attached hydrogens (tertiary/aromatic N) is 1. The van der Waals surface area contributed by atoms with E-state index in [1.165, 1.54) is 11.3 Å². The molecule has 0 N–H and O–H groups in total. The third kappa shape index (κ3) is 2.40. The van der Waals surface area contributed by atoms with Gasteiger partial charge in [-0.15, -0.1) is 11.3 Å². The second-order valence-corrected chi connectivity index (χ2v) is 5.16. The first-order chi connectivity index (χ1) is 8.11. The van der Waals surface area contributed by atoms with Crippen molar-refractivity contribution in [2.24, 2.45) is 0 Å². The molecule has 0 bridgehead atoms. The van der Waals surface area contributed by atoms with E-state index in [1.807, 2.05) is 37.4 Å². The molecule has 2 heterocycles. The Balaban J connectivity index is 2.30. The van der Waals surface area contributed by atoms with Gasteiger partial charge in [0.2, 0.25) is 0 Å². The lowest BCUT2D eigenvalue weighted by Crippen LogP contribution is -2.09. The minimum atomic E-state index is -0.258. The highest BCUT2D eigenvalue weighted by Crippen LogP contribution is 2.31. The highest BCUT2D eigenvalue weighted by molar-refractivity contribution is 7.13. The van der Waals surface area contributed by atoms with E-state index in [-0.39, 0.29) is 11.7 Å². The Morgan fingerprint density at radius 2 is 2.24 bits per heavy atom. The van der Waals surface area contributed by atoms with Crippen molar-refractivity contribution in [3.63, 3.8) is 0 Å². The predicted molar refractivity (Wildman–Crippen MR) is 71.0 cm³/mol. The largest absolute Gasteiger partial charge is 0.292 e. The average molecular weight is 266 g/mol.